The molecule has 3 rings (SSSR count). The Labute approximate surface area is 195 Å². The van der Waals surface area contributed by atoms with Crippen LogP contribution >= 0.6 is 27.3 Å². The van der Waals surface area contributed by atoms with Gasteiger partial charge in [0.1, 0.15) is 0 Å². The van der Waals surface area contributed by atoms with E-state index >= 15 is 0 Å². The number of hydrogen-bond donors (Lipinski definition) is 0. The molecule has 6 nitrogen and oxygen atoms in total. The van der Waals surface area contributed by atoms with Gasteiger partial charge in [0, 0.05) is 21.5 Å². The standard InChI is InChI=1S/C23H26BrN3O3S/c1-14(2)25-23-27(26-15(3)16-8-7-9-18(24)10-16)19(13-31-23)17-11-20(28-4)22(30-6)21(12-17)29-5/h7-14H,1-6H3. The highest BCUT2D eigenvalue weighted by molar-refractivity contribution is 9.10. The first-order chi connectivity index (χ1) is 14.9. The van der Waals surface area contributed by atoms with Crippen LogP contribution < -0.4 is 19.0 Å². The van der Waals surface area contributed by atoms with Crippen molar-refractivity contribution in [2.45, 2.75) is 26.8 Å². The van der Waals surface area contributed by atoms with Gasteiger partial charge in [0.15, 0.2) is 11.5 Å². The van der Waals surface area contributed by atoms with Crippen molar-refractivity contribution in [1.29, 1.82) is 0 Å². The number of methoxy groups -OCH3 is 3. The minimum Gasteiger partial charge on any atom is -0.493 e. The van der Waals surface area contributed by atoms with Gasteiger partial charge in [0.25, 0.3) is 0 Å². The fourth-order valence-corrected chi connectivity index (χ4v) is 4.42. The third kappa shape index (κ3) is 5.19. The molecule has 3 aromatic rings. The second-order valence-electron chi connectivity index (χ2n) is 7.05. The van der Waals surface area contributed by atoms with Crippen LogP contribution in [-0.2, 0) is 0 Å². The monoisotopic (exact) mass is 503 g/mol. The van der Waals surface area contributed by atoms with Gasteiger partial charge in [-0.25, -0.2) is 4.68 Å². The molecule has 0 spiro atoms. The Kier molecular flexibility index (Phi) is 7.56. The smallest absolute Gasteiger partial charge is 0.206 e. The van der Waals surface area contributed by atoms with Crippen LogP contribution in [0.4, 0.5) is 0 Å². The average molecular weight is 504 g/mol. The molecule has 8 heteroatoms. The number of thiazole rings is 1. The second-order valence-corrected chi connectivity index (χ2v) is 8.80. The summed E-state index contributed by atoms with van der Waals surface area (Å²) in [4.78, 5) is 5.58. The molecule has 0 N–H and O–H groups in total. The molecule has 0 saturated carbocycles. The predicted octanol–water partition coefficient (Wildman–Crippen LogP) is 5.59. The van der Waals surface area contributed by atoms with Crippen molar-refractivity contribution in [3.8, 4) is 28.5 Å². The molecule has 164 valence electrons. The van der Waals surface area contributed by atoms with E-state index in [1.165, 1.54) is 0 Å². The summed E-state index contributed by atoms with van der Waals surface area (Å²) in [6.45, 7) is 6.09. The molecule has 1 heterocycles. The van der Waals surface area contributed by atoms with Gasteiger partial charge in [-0.1, -0.05) is 28.1 Å². The van der Waals surface area contributed by atoms with Crippen molar-refractivity contribution in [3.05, 3.63) is 56.6 Å². The molecule has 0 bridgehead atoms. The summed E-state index contributed by atoms with van der Waals surface area (Å²) in [5.74, 6) is 1.73. The Morgan fingerprint density at radius 3 is 2.26 bits per heavy atom. The molecule has 0 fully saturated rings. The predicted molar refractivity (Wildman–Crippen MR) is 130 cm³/mol. The summed E-state index contributed by atoms with van der Waals surface area (Å²) in [5, 5.41) is 6.97. The van der Waals surface area contributed by atoms with Gasteiger partial charge in [-0.2, -0.15) is 5.10 Å². The van der Waals surface area contributed by atoms with E-state index in [-0.39, 0.29) is 6.04 Å². The molecule has 0 unspecified atom stereocenters. The number of hydrogen-bond acceptors (Lipinski definition) is 6. The Balaban J connectivity index is 2.24. The van der Waals surface area contributed by atoms with Gasteiger partial charge in [-0.3, -0.25) is 4.99 Å². The first-order valence-electron chi connectivity index (χ1n) is 9.74. The van der Waals surface area contributed by atoms with E-state index in [1.54, 1.807) is 32.7 Å². The van der Waals surface area contributed by atoms with E-state index in [1.807, 2.05) is 67.2 Å². The SMILES string of the molecule is COc1cc(-c2csc(=NC(C)C)n2N=C(C)c2cccc(Br)c2)cc(OC)c1OC. The minimum absolute atomic E-state index is 0.138. The largest absolute Gasteiger partial charge is 0.493 e. The van der Waals surface area contributed by atoms with Gasteiger partial charge in [-0.15, -0.1) is 11.3 Å². The molecule has 0 amide bonds. The number of halogens is 1. The third-order valence-electron chi connectivity index (χ3n) is 4.51. The summed E-state index contributed by atoms with van der Waals surface area (Å²) in [6.07, 6.45) is 0. The lowest BCUT2D eigenvalue weighted by Gasteiger charge is -2.14. The Morgan fingerprint density at radius 2 is 1.71 bits per heavy atom. The molecule has 0 aliphatic heterocycles. The van der Waals surface area contributed by atoms with Crippen LogP contribution in [0.5, 0.6) is 17.2 Å². The van der Waals surface area contributed by atoms with Gasteiger partial charge < -0.3 is 14.2 Å². The maximum atomic E-state index is 5.54. The number of nitrogens with zero attached hydrogens (tertiary/aromatic N) is 3. The maximum Gasteiger partial charge on any atom is 0.206 e. The van der Waals surface area contributed by atoms with E-state index < -0.39 is 0 Å². The highest BCUT2D eigenvalue weighted by Crippen LogP contribution is 2.41. The van der Waals surface area contributed by atoms with Crippen molar-refractivity contribution >= 4 is 33.0 Å². The number of rotatable bonds is 7. The van der Waals surface area contributed by atoms with Crippen molar-refractivity contribution in [3.63, 3.8) is 0 Å². The third-order valence-corrected chi connectivity index (χ3v) is 5.83. The van der Waals surface area contributed by atoms with Gasteiger partial charge in [0.05, 0.1) is 32.7 Å². The van der Waals surface area contributed by atoms with Crippen molar-refractivity contribution in [2.75, 3.05) is 21.3 Å². The minimum atomic E-state index is 0.138. The van der Waals surface area contributed by atoms with Crippen molar-refractivity contribution < 1.29 is 14.2 Å². The molecular formula is C23H26BrN3O3S. The molecule has 0 atom stereocenters. The molecular weight excluding hydrogens is 478 g/mol. The summed E-state index contributed by atoms with van der Waals surface area (Å²) in [6, 6.07) is 12.1. The first kappa shape index (κ1) is 23.1. The zero-order valence-corrected chi connectivity index (χ0v) is 20.9. The molecule has 31 heavy (non-hydrogen) atoms. The summed E-state index contributed by atoms with van der Waals surface area (Å²) in [5.41, 5.74) is 3.68. The lowest BCUT2D eigenvalue weighted by atomic mass is 10.1. The zero-order chi connectivity index (χ0) is 22.5. The fraction of sp³-hybridized carbons (Fsp3) is 0.304. The van der Waals surface area contributed by atoms with Gasteiger partial charge >= 0.3 is 0 Å². The fourth-order valence-electron chi connectivity index (χ4n) is 3.05. The normalized spacial score (nSPS) is 12.4. The van der Waals surface area contributed by atoms with E-state index in [2.05, 4.69) is 15.9 Å². The zero-order valence-electron chi connectivity index (χ0n) is 18.5. The van der Waals surface area contributed by atoms with Crippen molar-refractivity contribution in [2.24, 2.45) is 10.1 Å². The highest BCUT2D eigenvalue weighted by atomic mass is 79.9. The lowest BCUT2D eigenvalue weighted by molar-refractivity contribution is 0.324. The van der Waals surface area contributed by atoms with Gasteiger partial charge in [-0.05, 0) is 50.6 Å². The van der Waals surface area contributed by atoms with E-state index in [0.717, 1.165) is 31.8 Å². The highest BCUT2D eigenvalue weighted by Gasteiger charge is 2.17. The summed E-state index contributed by atoms with van der Waals surface area (Å²) in [7, 11) is 4.81. The van der Waals surface area contributed by atoms with E-state index in [4.69, 9.17) is 24.3 Å². The van der Waals surface area contributed by atoms with Crippen LogP contribution in [-0.4, -0.2) is 37.8 Å². The molecule has 2 aromatic carbocycles. The van der Waals surface area contributed by atoms with Crippen LogP contribution in [0, 0.1) is 0 Å². The van der Waals surface area contributed by atoms with Crippen LogP contribution in [0.3, 0.4) is 0 Å². The Bertz CT molecular complexity index is 1140. The molecule has 1 aromatic heterocycles. The van der Waals surface area contributed by atoms with Crippen molar-refractivity contribution in [1.82, 2.24) is 4.68 Å². The summed E-state index contributed by atoms with van der Waals surface area (Å²) >= 11 is 5.08. The van der Waals surface area contributed by atoms with Crippen LogP contribution in [0.25, 0.3) is 11.3 Å². The number of ether oxygens (including phenoxy) is 3. The first-order valence-corrected chi connectivity index (χ1v) is 11.4. The quantitative estimate of drug-likeness (QED) is 0.395. The lowest BCUT2D eigenvalue weighted by Crippen LogP contribution is -2.16. The average Bonchev–Trinajstić information content (AvgIpc) is 3.13. The van der Waals surface area contributed by atoms with Gasteiger partial charge in [0.2, 0.25) is 10.6 Å². The topological polar surface area (TPSA) is 57.3 Å². The van der Waals surface area contributed by atoms with Crippen LogP contribution in [0.2, 0.25) is 0 Å². The molecule has 0 aliphatic rings. The Morgan fingerprint density at radius 1 is 1.03 bits per heavy atom. The maximum absolute atomic E-state index is 5.54. The summed E-state index contributed by atoms with van der Waals surface area (Å²) < 4.78 is 19.4. The number of aromatic nitrogens is 1. The number of benzene rings is 2. The molecule has 0 saturated heterocycles. The Hall–Kier alpha value is -2.58. The van der Waals surface area contributed by atoms with Crippen LogP contribution in [0.15, 0.2) is 56.3 Å². The molecule has 0 aliphatic carbocycles. The van der Waals surface area contributed by atoms with E-state index in [9.17, 15) is 0 Å². The second kappa shape index (κ2) is 10.2. The van der Waals surface area contributed by atoms with Crippen LogP contribution in [0.1, 0.15) is 26.3 Å². The van der Waals surface area contributed by atoms with E-state index in [0.29, 0.717) is 17.2 Å². The molecule has 0 radical (unpaired) electrons.